The Kier molecular flexibility index (Phi) is 7.12. The molecule has 2 N–H and O–H groups in total. The van der Waals surface area contributed by atoms with Crippen molar-refractivity contribution in [2.24, 2.45) is 5.92 Å². The van der Waals surface area contributed by atoms with E-state index in [0.717, 1.165) is 19.9 Å². The zero-order chi connectivity index (χ0) is 24.5. The average molecular weight is 498 g/mol. The first-order valence-electron chi connectivity index (χ1n) is 11.4. The van der Waals surface area contributed by atoms with Gasteiger partial charge in [-0.05, 0) is 48.9 Å². The first-order chi connectivity index (χ1) is 16.1. The molecule has 0 amide bonds. The highest BCUT2D eigenvalue weighted by atomic mass is 32.2. The summed E-state index contributed by atoms with van der Waals surface area (Å²) in [6.45, 7) is 0.323. The van der Waals surface area contributed by atoms with E-state index in [2.05, 4.69) is 22.8 Å². The number of rotatable bonds is 7. The monoisotopic (exact) mass is 497 g/mol. The number of ether oxygens (including phenoxy) is 1. The van der Waals surface area contributed by atoms with E-state index < -0.39 is 15.5 Å². The number of methoxy groups -OCH3 is 1. The van der Waals surface area contributed by atoms with Crippen molar-refractivity contribution in [3.05, 3.63) is 59.7 Å². The number of nitrogens with zero attached hydrogens (tertiary/aromatic N) is 1. The lowest BCUT2D eigenvalue weighted by molar-refractivity contribution is -0.0437. The van der Waals surface area contributed by atoms with Crippen LogP contribution in [0, 0.1) is 5.92 Å². The molecule has 186 valence electrons. The minimum Gasteiger partial charge on any atom is -0.496 e. The van der Waals surface area contributed by atoms with Gasteiger partial charge >= 0.3 is 15.5 Å². The summed E-state index contributed by atoms with van der Waals surface area (Å²) in [6.07, 6.45) is 4.53. The van der Waals surface area contributed by atoms with Crippen LogP contribution in [0.5, 0.6) is 5.75 Å². The van der Waals surface area contributed by atoms with E-state index in [1.165, 1.54) is 43.7 Å². The quantitative estimate of drug-likeness (QED) is 0.596. The first-order valence-corrected chi connectivity index (χ1v) is 12.8. The number of fused-ring (bicyclic) bond motifs is 1. The Balaban J connectivity index is 1.57. The van der Waals surface area contributed by atoms with E-state index in [1.807, 2.05) is 18.2 Å². The van der Waals surface area contributed by atoms with Gasteiger partial charge in [-0.3, -0.25) is 4.31 Å². The minimum atomic E-state index is -5.49. The highest BCUT2D eigenvalue weighted by molar-refractivity contribution is 7.93. The number of sulfonamides is 1. The number of hydrogen-bond donors (Lipinski definition) is 2. The Morgan fingerprint density at radius 3 is 2.56 bits per heavy atom. The summed E-state index contributed by atoms with van der Waals surface area (Å²) in [5.41, 5.74) is -3.69. The number of halogens is 3. The number of hydrogen-bond acceptors (Lipinski definition) is 5. The number of piperidine rings is 1. The third kappa shape index (κ3) is 4.89. The van der Waals surface area contributed by atoms with Crippen molar-refractivity contribution in [3.8, 4) is 5.75 Å². The van der Waals surface area contributed by atoms with Crippen LogP contribution in [0.4, 0.5) is 18.9 Å². The molecule has 10 heteroatoms. The van der Waals surface area contributed by atoms with Crippen LogP contribution in [0.15, 0.2) is 48.5 Å². The van der Waals surface area contributed by atoms with Gasteiger partial charge in [-0.1, -0.05) is 36.8 Å². The summed E-state index contributed by atoms with van der Waals surface area (Å²) in [5.74, 6) is 1.06. The molecule has 0 radical (unpaired) electrons. The fourth-order valence-corrected chi connectivity index (χ4v) is 5.87. The van der Waals surface area contributed by atoms with Crippen LogP contribution in [-0.4, -0.2) is 40.2 Å². The van der Waals surface area contributed by atoms with E-state index in [4.69, 9.17) is 4.74 Å². The van der Waals surface area contributed by atoms with Gasteiger partial charge in [-0.25, -0.2) is 0 Å². The number of alkyl halides is 3. The summed E-state index contributed by atoms with van der Waals surface area (Å²) < 4.78 is 68.5. The van der Waals surface area contributed by atoms with Gasteiger partial charge in [-0.15, -0.1) is 0 Å². The van der Waals surface area contributed by atoms with E-state index >= 15 is 0 Å². The van der Waals surface area contributed by atoms with Crippen LogP contribution in [0.1, 0.15) is 42.9 Å². The molecule has 34 heavy (non-hydrogen) atoms. The van der Waals surface area contributed by atoms with Gasteiger partial charge in [0.1, 0.15) is 5.75 Å². The maximum Gasteiger partial charge on any atom is 0.516 e. The fraction of sp³-hybridized carbons (Fsp3) is 0.500. The van der Waals surface area contributed by atoms with Crippen molar-refractivity contribution < 1.29 is 26.3 Å². The molecule has 1 saturated carbocycles. The van der Waals surface area contributed by atoms with Crippen LogP contribution in [0.25, 0.3) is 0 Å². The Labute approximate surface area is 198 Å². The van der Waals surface area contributed by atoms with Gasteiger partial charge in [0.2, 0.25) is 0 Å². The van der Waals surface area contributed by atoms with Crippen LogP contribution >= 0.6 is 0 Å². The number of anilines is 1. The van der Waals surface area contributed by atoms with Crippen molar-refractivity contribution in [1.29, 1.82) is 0 Å². The summed E-state index contributed by atoms with van der Waals surface area (Å²) >= 11 is 0. The predicted octanol–water partition coefficient (Wildman–Crippen LogP) is 4.34. The minimum absolute atomic E-state index is 0.0767. The van der Waals surface area contributed by atoms with Crippen LogP contribution in [0.3, 0.4) is 0 Å². The summed E-state index contributed by atoms with van der Waals surface area (Å²) in [6, 6.07) is 15.1. The molecule has 1 aliphatic carbocycles. The molecule has 0 aromatic heterocycles. The zero-order valence-corrected chi connectivity index (χ0v) is 20.0. The molecule has 2 aromatic carbocycles. The van der Waals surface area contributed by atoms with Crippen molar-refractivity contribution in [3.63, 3.8) is 0 Å². The largest absolute Gasteiger partial charge is 0.516 e. The Hall–Kier alpha value is -2.30. The maximum absolute atomic E-state index is 13.0. The normalized spacial score (nSPS) is 25.1. The van der Waals surface area contributed by atoms with E-state index in [1.54, 1.807) is 0 Å². The van der Waals surface area contributed by atoms with Gasteiger partial charge in [0.25, 0.3) is 0 Å². The second kappa shape index (κ2) is 9.75. The second-order valence-electron chi connectivity index (χ2n) is 8.99. The molecule has 6 nitrogen and oxygen atoms in total. The molecule has 4 atom stereocenters. The topological polar surface area (TPSA) is 70.7 Å². The van der Waals surface area contributed by atoms with Crippen LogP contribution in [0.2, 0.25) is 0 Å². The Morgan fingerprint density at radius 1 is 1.15 bits per heavy atom. The summed E-state index contributed by atoms with van der Waals surface area (Å²) in [7, 11) is -3.11. The molecule has 4 unspecified atom stereocenters. The fourth-order valence-electron chi connectivity index (χ4n) is 5.17. The molecular formula is C24H30F3N3O3S. The standard InChI is InChI=1S/C24H30F3N3O3S/c1-30(34(31,32)24(25,26)27)19-11-12-22(33-2)18(13-19)15-28-21-14-17-9-6-10-20(17)29-23(21)16-7-4-3-5-8-16/h3-5,7-8,11-13,17,20-21,23,28-29H,6,9-10,14-15H2,1-2H3. The Morgan fingerprint density at radius 2 is 1.88 bits per heavy atom. The molecule has 2 aromatic rings. The molecule has 1 heterocycles. The molecule has 2 aliphatic rings. The van der Waals surface area contributed by atoms with Crippen molar-refractivity contribution in [2.45, 2.75) is 55.9 Å². The molecule has 0 spiro atoms. The molecule has 4 rings (SSSR count). The lowest BCUT2D eigenvalue weighted by Gasteiger charge is -2.41. The summed E-state index contributed by atoms with van der Waals surface area (Å²) in [5, 5.41) is 7.38. The predicted molar refractivity (Wildman–Crippen MR) is 125 cm³/mol. The first kappa shape index (κ1) is 24.8. The molecule has 1 saturated heterocycles. The van der Waals surface area contributed by atoms with Gasteiger partial charge in [-0.2, -0.15) is 21.6 Å². The average Bonchev–Trinajstić information content (AvgIpc) is 3.28. The van der Waals surface area contributed by atoms with Gasteiger partial charge in [0.05, 0.1) is 12.8 Å². The smallest absolute Gasteiger partial charge is 0.496 e. The highest BCUT2D eigenvalue weighted by Crippen LogP contribution is 2.39. The van der Waals surface area contributed by atoms with Crippen LogP contribution < -0.4 is 19.7 Å². The van der Waals surface area contributed by atoms with E-state index in [9.17, 15) is 21.6 Å². The lowest BCUT2D eigenvalue weighted by atomic mass is 9.83. The maximum atomic E-state index is 13.0. The summed E-state index contributed by atoms with van der Waals surface area (Å²) in [4.78, 5) is 0. The molecule has 2 fully saturated rings. The van der Waals surface area contributed by atoms with Gasteiger partial charge in [0, 0.05) is 37.3 Å². The lowest BCUT2D eigenvalue weighted by Crippen LogP contribution is -2.52. The number of benzene rings is 2. The van der Waals surface area contributed by atoms with Crippen molar-refractivity contribution in [1.82, 2.24) is 10.6 Å². The third-order valence-electron chi connectivity index (χ3n) is 7.01. The SMILES string of the molecule is COc1ccc(N(C)S(=O)(=O)C(F)(F)F)cc1CNC1CC2CCCC2NC1c1ccccc1. The second-order valence-corrected chi connectivity index (χ2v) is 11.0. The zero-order valence-electron chi connectivity index (χ0n) is 19.2. The van der Waals surface area contributed by atoms with Crippen molar-refractivity contribution >= 4 is 15.7 Å². The van der Waals surface area contributed by atoms with Crippen molar-refractivity contribution in [2.75, 3.05) is 18.5 Å². The number of nitrogens with one attached hydrogen (secondary N) is 2. The van der Waals surface area contributed by atoms with E-state index in [0.29, 0.717) is 29.8 Å². The molecule has 1 aliphatic heterocycles. The Bertz CT molecular complexity index is 1100. The molecule has 0 bridgehead atoms. The van der Waals surface area contributed by atoms with Gasteiger partial charge < -0.3 is 15.4 Å². The van der Waals surface area contributed by atoms with E-state index in [-0.39, 0.29) is 22.1 Å². The van der Waals surface area contributed by atoms with Gasteiger partial charge in [0.15, 0.2) is 0 Å². The highest BCUT2D eigenvalue weighted by Gasteiger charge is 2.49. The van der Waals surface area contributed by atoms with Crippen LogP contribution in [-0.2, 0) is 16.6 Å². The third-order valence-corrected chi connectivity index (χ3v) is 8.52. The molecular weight excluding hydrogens is 467 g/mol.